The van der Waals surface area contributed by atoms with Crippen LogP contribution in [0.15, 0.2) is 0 Å². The van der Waals surface area contributed by atoms with Crippen LogP contribution in [0.5, 0.6) is 0 Å². The van der Waals surface area contributed by atoms with Gasteiger partial charge in [-0.2, -0.15) is 0 Å². The lowest BCUT2D eigenvalue weighted by atomic mass is 9.64. The van der Waals surface area contributed by atoms with Crippen molar-refractivity contribution in [3.8, 4) is 0 Å². The van der Waals surface area contributed by atoms with Crippen molar-refractivity contribution in [1.29, 1.82) is 0 Å². The van der Waals surface area contributed by atoms with E-state index in [4.69, 9.17) is 9.47 Å². The van der Waals surface area contributed by atoms with Crippen molar-refractivity contribution in [1.82, 2.24) is 0 Å². The van der Waals surface area contributed by atoms with Crippen molar-refractivity contribution >= 4 is 5.97 Å². The molecular weight excluding hydrogens is 192 g/mol. The average Bonchev–Trinajstić information content (AvgIpc) is 2.90. The quantitative estimate of drug-likeness (QED) is 0.564. The highest BCUT2D eigenvalue weighted by molar-refractivity contribution is 5.76. The first kappa shape index (κ1) is 8.57. The Kier molecular flexibility index (Phi) is 1.58. The third kappa shape index (κ3) is 0.930. The van der Waals surface area contributed by atoms with Gasteiger partial charge in [-0.1, -0.05) is 12.8 Å². The Labute approximate surface area is 89.1 Å². The monoisotopic (exact) mass is 208 g/mol. The number of fused-ring (bicyclic) bond motifs is 8. The average molecular weight is 208 g/mol. The zero-order valence-electron chi connectivity index (χ0n) is 8.72. The molecule has 0 radical (unpaired) electrons. The first-order chi connectivity index (χ1) is 7.36. The van der Waals surface area contributed by atoms with Gasteiger partial charge in [-0.15, -0.1) is 0 Å². The summed E-state index contributed by atoms with van der Waals surface area (Å²) >= 11 is 0. The lowest BCUT2D eigenvalue weighted by Crippen LogP contribution is -2.41. The normalized spacial score (nSPS) is 56.4. The van der Waals surface area contributed by atoms with Gasteiger partial charge in [0.15, 0.2) is 0 Å². The number of rotatable bonds is 0. The lowest BCUT2D eigenvalue weighted by molar-refractivity contribution is -0.144. The molecule has 0 amide bonds. The van der Waals surface area contributed by atoms with Gasteiger partial charge < -0.3 is 9.47 Å². The molecule has 1 saturated carbocycles. The third-order valence-electron chi connectivity index (χ3n) is 4.96. The molecule has 3 nitrogen and oxygen atoms in total. The number of hydrogen-bond donors (Lipinski definition) is 0. The Morgan fingerprint density at radius 2 is 1.73 bits per heavy atom. The Hall–Kier alpha value is -0.570. The number of ether oxygens (including phenoxy) is 2. The molecule has 6 atom stereocenters. The van der Waals surface area contributed by atoms with Crippen molar-refractivity contribution in [3.05, 3.63) is 0 Å². The molecule has 6 unspecified atom stereocenters. The van der Waals surface area contributed by atoms with Crippen LogP contribution in [0.2, 0.25) is 0 Å². The minimum Gasteiger partial charge on any atom is -0.465 e. The summed E-state index contributed by atoms with van der Waals surface area (Å²) in [6.45, 7) is 0.619. The highest BCUT2D eigenvalue weighted by atomic mass is 16.6. The van der Waals surface area contributed by atoms with E-state index < -0.39 is 0 Å². The second-order valence-electron chi connectivity index (χ2n) is 5.50. The van der Waals surface area contributed by atoms with Gasteiger partial charge in [0.25, 0.3) is 0 Å². The van der Waals surface area contributed by atoms with E-state index in [0.29, 0.717) is 24.5 Å². The van der Waals surface area contributed by atoms with Gasteiger partial charge in [-0.05, 0) is 24.7 Å². The summed E-state index contributed by atoms with van der Waals surface area (Å²) in [5.74, 6) is 1.89. The van der Waals surface area contributed by atoms with Crippen LogP contribution in [-0.4, -0.2) is 24.8 Å². The van der Waals surface area contributed by atoms with Gasteiger partial charge in [0.2, 0.25) is 0 Å². The third-order valence-corrected chi connectivity index (χ3v) is 4.96. The van der Waals surface area contributed by atoms with E-state index in [9.17, 15) is 4.79 Å². The molecule has 0 aromatic heterocycles. The molecule has 4 aliphatic rings. The number of cyclic esters (lactones) is 1. The van der Waals surface area contributed by atoms with Crippen LogP contribution in [0.3, 0.4) is 0 Å². The molecule has 3 heteroatoms. The van der Waals surface area contributed by atoms with Crippen molar-refractivity contribution < 1.29 is 14.3 Å². The summed E-state index contributed by atoms with van der Waals surface area (Å²) in [6.07, 6.45) is 5.79. The smallest absolute Gasteiger partial charge is 0.312 e. The standard InChI is InChI=1S/C12H16O3/c13-12-9-8(5-14-12)10-6-3-1-2-4-7(6)11(9)15-10/h6-11H,1-5H2. The highest BCUT2D eigenvalue weighted by Gasteiger charge is 2.64. The fourth-order valence-corrected chi connectivity index (χ4v) is 4.39. The number of carbonyl (C=O) groups excluding carboxylic acids is 1. The van der Waals surface area contributed by atoms with Crippen LogP contribution >= 0.6 is 0 Å². The maximum Gasteiger partial charge on any atom is 0.312 e. The summed E-state index contributed by atoms with van der Waals surface area (Å²) in [4.78, 5) is 11.6. The Morgan fingerprint density at radius 1 is 1.00 bits per heavy atom. The lowest BCUT2D eigenvalue weighted by Gasteiger charge is -2.35. The van der Waals surface area contributed by atoms with E-state index in [0.717, 1.165) is 5.92 Å². The van der Waals surface area contributed by atoms with Crippen LogP contribution in [0.25, 0.3) is 0 Å². The summed E-state index contributed by atoms with van der Waals surface area (Å²) in [6, 6.07) is 0. The summed E-state index contributed by atoms with van der Waals surface area (Å²) < 4.78 is 11.2. The second kappa shape index (κ2) is 2.76. The Morgan fingerprint density at radius 3 is 2.53 bits per heavy atom. The van der Waals surface area contributed by atoms with Gasteiger partial charge >= 0.3 is 5.97 Å². The molecule has 2 bridgehead atoms. The van der Waals surface area contributed by atoms with Crippen LogP contribution in [0.1, 0.15) is 25.7 Å². The van der Waals surface area contributed by atoms with E-state index in [1.807, 2.05) is 0 Å². The van der Waals surface area contributed by atoms with E-state index in [2.05, 4.69) is 0 Å². The van der Waals surface area contributed by atoms with Crippen LogP contribution in [0.4, 0.5) is 0 Å². The summed E-state index contributed by atoms with van der Waals surface area (Å²) in [5, 5.41) is 0. The van der Waals surface area contributed by atoms with E-state index >= 15 is 0 Å². The van der Waals surface area contributed by atoms with Gasteiger partial charge in [-0.3, -0.25) is 4.79 Å². The molecule has 0 aromatic carbocycles. The first-order valence-electron chi connectivity index (χ1n) is 6.18. The first-order valence-corrected chi connectivity index (χ1v) is 6.18. The van der Waals surface area contributed by atoms with Gasteiger partial charge in [0, 0.05) is 5.92 Å². The fraction of sp³-hybridized carbons (Fsp3) is 0.917. The molecule has 0 spiro atoms. The van der Waals surface area contributed by atoms with Gasteiger partial charge in [-0.25, -0.2) is 0 Å². The van der Waals surface area contributed by atoms with Gasteiger partial charge in [0.05, 0.1) is 24.7 Å². The van der Waals surface area contributed by atoms with Crippen LogP contribution in [-0.2, 0) is 14.3 Å². The van der Waals surface area contributed by atoms with Crippen molar-refractivity contribution in [2.45, 2.75) is 37.9 Å². The van der Waals surface area contributed by atoms with E-state index in [-0.39, 0.29) is 18.0 Å². The number of hydrogen-bond acceptors (Lipinski definition) is 3. The molecule has 1 aliphatic carbocycles. The maximum absolute atomic E-state index is 11.6. The Bertz CT molecular complexity index is 314. The van der Waals surface area contributed by atoms with Crippen molar-refractivity contribution in [2.24, 2.45) is 23.7 Å². The number of carbonyl (C=O) groups is 1. The number of esters is 1. The van der Waals surface area contributed by atoms with Crippen LogP contribution in [0, 0.1) is 23.7 Å². The summed E-state index contributed by atoms with van der Waals surface area (Å²) in [5.41, 5.74) is 0. The fourth-order valence-electron chi connectivity index (χ4n) is 4.39. The van der Waals surface area contributed by atoms with Crippen molar-refractivity contribution in [2.75, 3.05) is 6.61 Å². The van der Waals surface area contributed by atoms with E-state index in [1.54, 1.807) is 0 Å². The molecule has 15 heavy (non-hydrogen) atoms. The minimum absolute atomic E-state index is 0.0107. The van der Waals surface area contributed by atoms with Crippen molar-refractivity contribution in [3.63, 3.8) is 0 Å². The van der Waals surface area contributed by atoms with E-state index in [1.165, 1.54) is 25.7 Å². The molecule has 3 aliphatic heterocycles. The predicted octanol–water partition coefficient (Wildman–Crippen LogP) is 1.36. The zero-order valence-corrected chi connectivity index (χ0v) is 8.72. The summed E-state index contributed by atoms with van der Waals surface area (Å²) in [7, 11) is 0. The molecular formula is C12H16O3. The maximum atomic E-state index is 11.6. The molecule has 0 aromatic rings. The molecule has 0 N–H and O–H groups in total. The minimum atomic E-state index is 0.0107. The SMILES string of the molecule is O=C1OCC2C3OC(C4CCCCC43)C12. The van der Waals surface area contributed by atoms with Gasteiger partial charge in [0.1, 0.15) is 0 Å². The molecule has 4 rings (SSSR count). The largest absolute Gasteiger partial charge is 0.465 e. The molecule has 82 valence electrons. The zero-order chi connectivity index (χ0) is 9.99. The Balaban J connectivity index is 1.70. The highest BCUT2D eigenvalue weighted by Crippen LogP contribution is 2.56. The predicted molar refractivity (Wildman–Crippen MR) is 52.0 cm³/mol. The topological polar surface area (TPSA) is 35.5 Å². The molecule has 3 saturated heterocycles. The second-order valence-corrected chi connectivity index (χ2v) is 5.50. The molecule has 4 fully saturated rings. The molecule has 3 heterocycles. The van der Waals surface area contributed by atoms with Crippen LogP contribution < -0.4 is 0 Å².